The van der Waals surface area contributed by atoms with Crippen LogP contribution in [0.1, 0.15) is 52.5 Å². The fourth-order valence-electron chi connectivity index (χ4n) is 2.53. The molecule has 1 amide bonds. The quantitative estimate of drug-likeness (QED) is 0.810. The Labute approximate surface area is 135 Å². The lowest BCUT2D eigenvalue weighted by atomic mass is 9.79. The Morgan fingerprint density at radius 1 is 1.24 bits per heavy atom. The minimum atomic E-state index is 0. The number of carbonyl (C=O) groups excluding carboxylic acids is 1. The van der Waals surface area contributed by atoms with Crippen molar-refractivity contribution >= 4 is 18.3 Å². The predicted octanol–water partition coefficient (Wildman–Crippen LogP) is 3.41. The number of hydrogen-bond donors (Lipinski definition) is 2. The first-order chi connectivity index (χ1) is 9.31. The third-order valence-electron chi connectivity index (χ3n) is 3.61. The molecule has 0 radical (unpaired) electrons. The third kappa shape index (κ3) is 7.49. The second-order valence-electron chi connectivity index (χ2n) is 6.44. The van der Waals surface area contributed by atoms with E-state index < -0.39 is 0 Å². The fraction of sp³-hybridized carbons (Fsp3) is 0.588. The van der Waals surface area contributed by atoms with Gasteiger partial charge >= 0.3 is 0 Å². The topological polar surface area (TPSA) is 55.1 Å². The van der Waals surface area contributed by atoms with Gasteiger partial charge in [-0.25, -0.2) is 0 Å². The van der Waals surface area contributed by atoms with E-state index in [1.54, 1.807) is 0 Å². The zero-order valence-corrected chi connectivity index (χ0v) is 14.4. The maximum atomic E-state index is 11.8. The molecule has 120 valence electrons. The van der Waals surface area contributed by atoms with Crippen molar-refractivity contribution in [3.63, 3.8) is 0 Å². The van der Waals surface area contributed by atoms with Crippen molar-refractivity contribution in [2.45, 2.75) is 64.5 Å². The lowest BCUT2D eigenvalue weighted by Crippen LogP contribution is -2.37. The zero-order chi connectivity index (χ0) is 15.2. The third-order valence-corrected chi connectivity index (χ3v) is 3.61. The summed E-state index contributed by atoms with van der Waals surface area (Å²) in [6.45, 7) is 8.42. The van der Waals surface area contributed by atoms with Crippen molar-refractivity contribution in [1.29, 1.82) is 0 Å². The Morgan fingerprint density at radius 3 is 2.33 bits per heavy atom. The van der Waals surface area contributed by atoms with E-state index in [1.165, 1.54) is 5.56 Å². The Balaban J connectivity index is 0.00000400. The van der Waals surface area contributed by atoms with Gasteiger partial charge in [0, 0.05) is 18.5 Å². The molecule has 1 aromatic rings. The Morgan fingerprint density at radius 2 is 1.81 bits per heavy atom. The Bertz CT molecular complexity index is 418. The molecule has 0 spiro atoms. The number of amides is 1. The molecule has 0 bridgehead atoms. The standard InChI is InChI=1S/C17H28N2O.ClH/c1-13(18)10-11-16(20)19-14(2)12-17(3,4)15-8-6-5-7-9-15;/h5-9,13-14H,10-12,18H2,1-4H3,(H,19,20);1H. The highest BCUT2D eigenvalue weighted by atomic mass is 35.5. The predicted molar refractivity (Wildman–Crippen MR) is 91.8 cm³/mol. The summed E-state index contributed by atoms with van der Waals surface area (Å²) in [7, 11) is 0. The fourth-order valence-corrected chi connectivity index (χ4v) is 2.53. The van der Waals surface area contributed by atoms with Crippen molar-refractivity contribution in [3.8, 4) is 0 Å². The molecule has 0 aliphatic heterocycles. The van der Waals surface area contributed by atoms with E-state index >= 15 is 0 Å². The van der Waals surface area contributed by atoms with Gasteiger partial charge in [-0.2, -0.15) is 0 Å². The molecule has 4 heteroatoms. The van der Waals surface area contributed by atoms with Crippen LogP contribution in [0.2, 0.25) is 0 Å². The molecule has 1 aromatic carbocycles. The molecule has 3 N–H and O–H groups in total. The summed E-state index contributed by atoms with van der Waals surface area (Å²) in [5.41, 5.74) is 7.02. The van der Waals surface area contributed by atoms with Crippen LogP contribution in [0.4, 0.5) is 0 Å². The number of carbonyl (C=O) groups is 1. The number of benzene rings is 1. The summed E-state index contributed by atoms with van der Waals surface area (Å²) in [6.07, 6.45) is 2.16. The smallest absolute Gasteiger partial charge is 0.220 e. The molecule has 0 aliphatic rings. The lowest BCUT2D eigenvalue weighted by Gasteiger charge is -2.29. The van der Waals surface area contributed by atoms with Gasteiger partial charge in [0.1, 0.15) is 0 Å². The van der Waals surface area contributed by atoms with Gasteiger partial charge in [0.15, 0.2) is 0 Å². The van der Waals surface area contributed by atoms with Crippen LogP contribution in [0.15, 0.2) is 30.3 Å². The lowest BCUT2D eigenvalue weighted by molar-refractivity contribution is -0.121. The molecule has 0 aliphatic carbocycles. The molecule has 0 fully saturated rings. The Kier molecular flexibility index (Phi) is 8.60. The maximum absolute atomic E-state index is 11.8. The van der Waals surface area contributed by atoms with Crippen LogP contribution in [0, 0.1) is 0 Å². The summed E-state index contributed by atoms with van der Waals surface area (Å²) in [6, 6.07) is 10.7. The summed E-state index contributed by atoms with van der Waals surface area (Å²) in [5.74, 6) is 0.0960. The Hall–Kier alpha value is -1.06. The molecule has 0 saturated heterocycles. The van der Waals surface area contributed by atoms with Crippen molar-refractivity contribution < 1.29 is 4.79 Å². The molecule has 2 unspecified atom stereocenters. The summed E-state index contributed by atoms with van der Waals surface area (Å²) >= 11 is 0. The van der Waals surface area contributed by atoms with Crippen LogP contribution in [0.25, 0.3) is 0 Å². The summed E-state index contributed by atoms with van der Waals surface area (Å²) in [4.78, 5) is 11.8. The van der Waals surface area contributed by atoms with Gasteiger partial charge in [-0.1, -0.05) is 44.2 Å². The molecule has 1 rings (SSSR count). The molecule has 0 saturated carbocycles. The summed E-state index contributed by atoms with van der Waals surface area (Å²) < 4.78 is 0. The number of halogens is 1. The second-order valence-corrected chi connectivity index (χ2v) is 6.44. The van der Waals surface area contributed by atoms with Crippen molar-refractivity contribution in [2.24, 2.45) is 5.73 Å². The number of nitrogens with two attached hydrogens (primary N) is 1. The van der Waals surface area contributed by atoms with Crippen molar-refractivity contribution in [2.75, 3.05) is 0 Å². The van der Waals surface area contributed by atoms with Gasteiger partial charge in [-0.05, 0) is 37.7 Å². The highest BCUT2D eigenvalue weighted by Crippen LogP contribution is 2.28. The maximum Gasteiger partial charge on any atom is 0.220 e. The van der Waals surface area contributed by atoms with Gasteiger partial charge in [-0.15, -0.1) is 12.4 Å². The molecule has 3 nitrogen and oxygen atoms in total. The normalized spacial score (nSPS) is 14.0. The first-order valence-electron chi connectivity index (χ1n) is 7.42. The SMILES string of the molecule is CC(N)CCC(=O)NC(C)CC(C)(C)c1ccccc1.Cl. The van der Waals surface area contributed by atoms with E-state index in [4.69, 9.17) is 5.73 Å². The second kappa shape index (κ2) is 9.06. The molecular weight excluding hydrogens is 284 g/mol. The van der Waals surface area contributed by atoms with Crippen LogP contribution in [-0.2, 0) is 10.2 Å². The minimum absolute atomic E-state index is 0. The zero-order valence-electron chi connectivity index (χ0n) is 13.6. The highest BCUT2D eigenvalue weighted by molar-refractivity contribution is 5.85. The van der Waals surface area contributed by atoms with Crippen LogP contribution < -0.4 is 11.1 Å². The van der Waals surface area contributed by atoms with Crippen LogP contribution in [-0.4, -0.2) is 18.0 Å². The largest absolute Gasteiger partial charge is 0.354 e. The van der Waals surface area contributed by atoms with E-state index in [1.807, 2.05) is 13.0 Å². The average molecular weight is 313 g/mol. The molecule has 21 heavy (non-hydrogen) atoms. The highest BCUT2D eigenvalue weighted by Gasteiger charge is 2.23. The van der Waals surface area contributed by atoms with E-state index in [2.05, 4.69) is 50.4 Å². The van der Waals surface area contributed by atoms with Gasteiger partial charge in [-0.3, -0.25) is 4.79 Å². The van der Waals surface area contributed by atoms with Crippen molar-refractivity contribution in [1.82, 2.24) is 5.32 Å². The first kappa shape index (κ1) is 19.9. The monoisotopic (exact) mass is 312 g/mol. The summed E-state index contributed by atoms with van der Waals surface area (Å²) in [5, 5.41) is 3.07. The number of rotatable bonds is 7. The van der Waals surface area contributed by atoms with Crippen LogP contribution in [0.3, 0.4) is 0 Å². The molecule has 0 heterocycles. The molecule has 0 aromatic heterocycles. The molecular formula is C17H29ClN2O. The van der Waals surface area contributed by atoms with Gasteiger partial charge in [0.05, 0.1) is 0 Å². The van der Waals surface area contributed by atoms with Gasteiger partial charge in [0.25, 0.3) is 0 Å². The van der Waals surface area contributed by atoms with E-state index in [0.717, 1.165) is 12.8 Å². The van der Waals surface area contributed by atoms with E-state index in [9.17, 15) is 4.79 Å². The van der Waals surface area contributed by atoms with E-state index in [-0.39, 0.29) is 35.8 Å². The first-order valence-corrected chi connectivity index (χ1v) is 7.42. The van der Waals surface area contributed by atoms with Gasteiger partial charge < -0.3 is 11.1 Å². The van der Waals surface area contributed by atoms with Crippen LogP contribution >= 0.6 is 12.4 Å². The number of hydrogen-bond acceptors (Lipinski definition) is 2. The van der Waals surface area contributed by atoms with Crippen molar-refractivity contribution in [3.05, 3.63) is 35.9 Å². The average Bonchev–Trinajstić information content (AvgIpc) is 2.36. The minimum Gasteiger partial charge on any atom is -0.354 e. The van der Waals surface area contributed by atoms with Crippen LogP contribution in [0.5, 0.6) is 0 Å². The van der Waals surface area contributed by atoms with Gasteiger partial charge in [0.2, 0.25) is 5.91 Å². The molecule has 2 atom stereocenters. The van der Waals surface area contributed by atoms with E-state index in [0.29, 0.717) is 6.42 Å². The number of nitrogens with one attached hydrogen (secondary N) is 1.